The second-order valence-electron chi connectivity index (χ2n) is 7.63. The number of piperazine rings is 1. The van der Waals surface area contributed by atoms with E-state index < -0.39 is 0 Å². The van der Waals surface area contributed by atoms with Crippen LogP contribution in [0.4, 0.5) is 0 Å². The van der Waals surface area contributed by atoms with Crippen LogP contribution in [0.25, 0.3) is 0 Å². The number of methoxy groups -OCH3 is 1. The maximum atomic E-state index is 12.3. The predicted octanol–water partition coefficient (Wildman–Crippen LogP) is 0.382. The number of ether oxygens (including phenoxy) is 1. The Hall–Kier alpha value is -0.690. The monoisotopic (exact) mass is 338 g/mol. The first-order valence-electron chi connectivity index (χ1n) is 9.64. The lowest BCUT2D eigenvalue weighted by Gasteiger charge is -2.33. The van der Waals surface area contributed by atoms with Gasteiger partial charge in [0.1, 0.15) is 0 Å². The van der Waals surface area contributed by atoms with E-state index >= 15 is 0 Å². The van der Waals surface area contributed by atoms with Crippen molar-refractivity contribution in [1.29, 1.82) is 0 Å². The molecule has 6 heteroatoms. The summed E-state index contributed by atoms with van der Waals surface area (Å²) in [6, 6.07) is 1.17. The van der Waals surface area contributed by atoms with Gasteiger partial charge in [0.2, 0.25) is 5.91 Å². The Bertz CT molecular complexity index is 412. The largest absolute Gasteiger partial charge is 0.380 e. The Labute approximate surface area is 146 Å². The standard InChI is InChI=1S/C18H34N4O2/c1-20-10-12-21(13-11-20)18(23)6-8-19-16-4-3-5-17(16)22-9-7-15(14-22)24-2/h15-17,19H,3-14H2,1-2H3/t15?,16-,17+/m1/s1. The third-order valence-corrected chi connectivity index (χ3v) is 6.06. The minimum Gasteiger partial charge on any atom is -0.380 e. The number of nitrogens with one attached hydrogen (secondary N) is 1. The van der Waals surface area contributed by atoms with Crippen molar-refractivity contribution >= 4 is 5.91 Å². The topological polar surface area (TPSA) is 48.1 Å². The van der Waals surface area contributed by atoms with Gasteiger partial charge in [-0.2, -0.15) is 0 Å². The maximum absolute atomic E-state index is 12.3. The molecular formula is C18H34N4O2. The molecule has 1 aliphatic carbocycles. The van der Waals surface area contributed by atoms with Crippen LogP contribution in [0.5, 0.6) is 0 Å². The second-order valence-corrected chi connectivity index (χ2v) is 7.63. The summed E-state index contributed by atoms with van der Waals surface area (Å²) in [4.78, 5) is 19.2. The molecular weight excluding hydrogens is 304 g/mol. The normalized spacial score (nSPS) is 32.6. The zero-order valence-electron chi connectivity index (χ0n) is 15.4. The smallest absolute Gasteiger partial charge is 0.223 e. The first kappa shape index (κ1) is 18.1. The van der Waals surface area contributed by atoms with E-state index in [4.69, 9.17) is 4.74 Å². The van der Waals surface area contributed by atoms with E-state index in [1.807, 2.05) is 12.0 Å². The predicted molar refractivity (Wildman–Crippen MR) is 95.1 cm³/mol. The molecule has 3 rings (SSSR count). The van der Waals surface area contributed by atoms with Crippen LogP contribution in [-0.4, -0.2) is 98.8 Å². The number of likely N-dealkylation sites (N-methyl/N-ethyl adjacent to an activating group) is 1. The summed E-state index contributed by atoms with van der Waals surface area (Å²) < 4.78 is 5.51. The zero-order valence-corrected chi connectivity index (χ0v) is 15.4. The molecule has 24 heavy (non-hydrogen) atoms. The highest BCUT2D eigenvalue weighted by molar-refractivity contribution is 5.76. The fourth-order valence-corrected chi connectivity index (χ4v) is 4.44. The Balaban J connectivity index is 1.38. The van der Waals surface area contributed by atoms with E-state index in [0.29, 0.717) is 30.5 Å². The third kappa shape index (κ3) is 4.48. The molecule has 3 aliphatic rings. The molecule has 1 amide bonds. The molecule has 0 aromatic rings. The average Bonchev–Trinajstić information content (AvgIpc) is 3.23. The van der Waals surface area contributed by atoms with Crippen LogP contribution in [0.1, 0.15) is 32.1 Å². The van der Waals surface area contributed by atoms with Crippen LogP contribution < -0.4 is 5.32 Å². The molecule has 1 unspecified atom stereocenters. The summed E-state index contributed by atoms with van der Waals surface area (Å²) in [6.45, 7) is 6.80. The minimum absolute atomic E-state index is 0.311. The maximum Gasteiger partial charge on any atom is 0.223 e. The number of hydrogen-bond acceptors (Lipinski definition) is 5. The highest BCUT2D eigenvalue weighted by Gasteiger charge is 2.35. The molecule has 138 valence electrons. The molecule has 2 saturated heterocycles. The Morgan fingerprint density at radius 3 is 2.62 bits per heavy atom. The number of carbonyl (C=O) groups excluding carboxylic acids is 1. The lowest BCUT2D eigenvalue weighted by molar-refractivity contribution is -0.132. The van der Waals surface area contributed by atoms with Gasteiger partial charge < -0.3 is 19.9 Å². The number of amides is 1. The molecule has 1 saturated carbocycles. The van der Waals surface area contributed by atoms with Crippen molar-refractivity contribution in [2.24, 2.45) is 0 Å². The quantitative estimate of drug-likeness (QED) is 0.759. The zero-order chi connectivity index (χ0) is 16.9. The van der Waals surface area contributed by atoms with Crippen molar-refractivity contribution in [3.8, 4) is 0 Å². The van der Waals surface area contributed by atoms with Crippen molar-refractivity contribution in [2.75, 3.05) is 60.0 Å². The van der Waals surface area contributed by atoms with Crippen LogP contribution in [-0.2, 0) is 9.53 Å². The highest BCUT2D eigenvalue weighted by atomic mass is 16.5. The average molecular weight is 338 g/mol. The van der Waals surface area contributed by atoms with Crippen LogP contribution in [0.15, 0.2) is 0 Å². The Morgan fingerprint density at radius 2 is 1.92 bits per heavy atom. The van der Waals surface area contributed by atoms with E-state index in [0.717, 1.165) is 52.2 Å². The molecule has 0 spiro atoms. The summed E-state index contributed by atoms with van der Waals surface area (Å²) in [6.07, 6.45) is 6.00. The van der Waals surface area contributed by atoms with Gasteiger partial charge in [0.15, 0.2) is 0 Å². The summed E-state index contributed by atoms with van der Waals surface area (Å²) in [5, 5.41) is 3.68. The van der Waals surface area contributed by atoms with Gasteiger partial charge in [-0.25, -0.2) is 0 Å². The van der Waals surface area contributed by atoms with Crippen molar-refractivity contribution in [1.82, 2.24) is 20.0 Å². The van der Waals surface area contributed by atoms with Gasteiger partial charge in [0, 0.05) is 71.4 Å². The molecule has 0 radical (unpaired) electrons. The van der Waals surface area contributed by atoms with Crippen molar-refractivity contribution in [3.05, 3.63) is 0 Å². The highest BCUT2D eigenvalue weighted by Crippen LogP contribution is 2.27. The van der Waals surface area contributed by atoms with E-state index in [-0.39, 0.29) is 0 Å². The molecule has 3 fully saturated rings. The lowest BCUT2D eigenvalue weighted by atomic mass is 10.1. The van der Waals surface area contributed by atoms with Crippen LogP contribution in [0.3, 0.4) is 0 Å². The molecule has 2 aliphatic heterocycles. The van der Waals surface area contributed by atoms with Gasteiger partial charge in [-0.15, -0.1) is 0 Å². The number of hydrogen-bond donors (Lipinski definition) is 1. The Morgan fingerprint density at radius 1 is 1.12 bits per heavy atom. The van der Waals surface area contributed by atoms with Crippen molar-refractivity contribution in [3.63, 3.8) is 0 Å². The summed E-state index contributed by atoms with van der Waals surface area (Å²) >= 11 is 0. The van der Waals surface area contributed by atoms with Gasteiger partial charge in [-0.1, -0.05) is 6.42 Å². The van der Waals surface area contributed by atoms with Gasteiger partial charge in [-0.3, -0.25) is 9.69 Å². The van der Waals surface area contributed by atoms with Crippen molar-refractivity contribution in [2.45, 2.75) is 50.3 Å². The summed E-state index contributed by atoms with van der Waals surface area (Å²) in [5.41, 5.74) is 0. The van der Waals surface area contributed by atoms with Crippen LogP contribution >= 0.6 is 0 Å². The van der Waals surface area contributed by atoms with Gasteiger partial charge in [0.25, 0.3) is 0 Å². The van der Waals surface area contributed by atoms with Crippen LogP contribution in [0, 0.1) is 0 Å². The molecule has 0 bridgehead atoms. The number of carbonyl (C=O) groups is 1. The number of nitrogens with zero attached hydrogens (tertiary/aromatic N) is 3. The summed E-state index contributed by atoms with van der Waals surface area (Å²) in [7, 11) is 3.94. The fourth-order valence-electron chi connectivity index (χ4n) is 4.44. The van der Waals surface area contributed by atoms with E-state index in [9.17, 15) is 4.79 Å². The molecule has 3 atom stereocenters. The molecule has 6 nitrogen and oxygen atoms in total. The fraction of sp³-hybridized carbons (Fsp3) is 0.944. The number of likely N-dealkylation sites (tertiary alicyclic amines) is 1. The minimum atomic E-state index is 0.311. The van der Waals surface area contributed by atoms with Gasteiger partial charge in [0.05, 0.1) is 6.10 Å². The first-order valence-corrected chi connectivity index (χ1v) is 9.64. The van der Waals surface area contributed by atoms with Gasteiger partial charge >= 0.3 is 0 Å². The van der Waals surface area contributed by atoms with E-state index in [1.165, 1.54) is 19.3 Å². The number of rotatable bonds is 6. The Kier molecular flexibility index (Phi) is 6.49. The summed E-state index contributed by atoms with van der Waals surface area (Å²) in [5.74, 6) is 0.311. The van der Waals surface area contributed by atoms with E-state index in [1.54, 1.807) is 0 Å². The first-order chi connectivity index (χ1) is 11.7. The SMILES string of the molecule is COC1CCN([C@H]2CCC[C@H]2NCCC(=O)N2CCN(C)CC2)C1. The molecule has 0 aromatic carbocycles. The third-order valence-electron chi connectivity index (χ3n) is 6.06. The second kappa shape index (κ2) is 8.61. The van der Waals surface area contributed by atoms with Gasteiger partial charge in [-0.05, 0) is 26.3 Å². The van der Waals surface area contributed by atoms with E-state index in [2.05, 4.69) is 22.2 Å². The lowest BCUT2D eigenvalue weighted by Crippen LogP contribution is -2.49. The molecule has 2 heterocycles. The molecule has 0 aromatic heterocycles. The van der Waals surface area contributed by atoms with Crippen molar-refractivity contribution < 1.29 is 9.53 Å². The van der Waals surface area contributed by atoms with Crippen LogP contribution in [0.2, 0.25) is 0 Å². The molecule has 1 N–H and O–H groups in total.